The molecular weight excluding hydrogens is 405 g/mol. The molecule has 0 amide bonds. The molecule has 0 radical (unpaired) electrons. The lowest BCUT2D eigenvalue weighted by molar-refractivity contribution is 0.683. The summed E-state index contributed by atoms with van der Waals surface area (Å²) >= 11 is 35.4. The van der Waals surface area contributed by atoms with Crippen LogP contribution < -0.4 is 0 Å². The van der Waals surface area contributed by atoms with Crippen LogP contribution in [0.4, 0.5) is 0 Å². The molecule has 0 aliphatic heterocycles. The predicted octanol–water partition coefficient (Wildman–Crippen LogP) is 6.77. The van der Waals surface area contributed by atoms with Crippen molar-refractivity contribution in [2.24, 2.45) is 0 Å². The van der Waals surface area contributed by atoms with E-state index >= 15 is 0 Å². The molecule has 2 aromatic rings. The van der Waals surface area contributed by atoms with Crippen molar-refractivity contribution in [2.45, 2.75) is 9.79 Å². The minimum Gasteiger partial charge on any atom is -0.249 e. The Hall–Kier alpha value is 0.330. The molecule has 0 aliphatic carbocycles. The number of hydrogen-bond donors (Lipinski definition) is 0. The lowest BCUT2D eigenvalue weighted by Crippen LogP contribution is -1.94. The van der Waals surface area contributed by atoms with Gasteiger partial charge in [0, 0.05) is 9.79 Å². The molecule has 0 bridgehead atoms. The molecule has 1 nitrogen and oxygen atoms in total. The maximum absolute atomic E-state index is 12.5. The first-order valence-electron chi connectivity index (χ1n) is 5.02. The fourth-order valence-corrected chi connectivity index (χ4v) is 4.04. The molecule has 0 aliphatic rings. The third-order valence-corrected chi connectivity index (χ3v) is 6.06. The first-order valence-corrected chi connectivity index (χ1v) is 8.44. The van der Waals surface area contributed by atoms with Gasteiger partial charge in [0.25, 0.3) is 0 Å². The first-order chi connectivity index (χ1) is 9.31. The molecule has 0 atom stereocenters. The van der Waals surface area contributed by atoms with E-state index in [4.69, 9.17) is 69.6 Å². The Morgan fingerprint density at radius 2 is 0.850 bits per heavy atom. The molecule has 8 heteroatoms. The zero-order valence-corrected chi connectivity index (χ0v) is 14.7. The Labute approximate surface area is 148 Å². The van der Waals surface area contributed by atoms with E-state index in [0.29, 0.717) is 9.79 Å². The van der Waals surface area contributed by atoms with Gasteiger partial charge in [0.15, 0.2) is 0 Å². The van der Waals surface area contributed by atoms with Crippen LogP contribution in [0.2, 0.25) is 30.1 Å². The normalized spacial score (nSPS) is 11.2. The SMILES string of the molecule is O=S(c1cc(Cl)c(Cl)c(Cl)c1)c1cc(Cl)c(Cl)c(Cl)c1. The van der Waals surface area contributed by atoms with Gasteiger partial charge in [-0.2, -0.15) is 0 Å². The van der Waals surface area contributed by atoms with Crippen LogP contribution >= 0.6 is 69.6 Å². The monoisotopic (exact) mass is 406 g/mol. The predicted molar refractivity (Wildman–Crippen MR) is 87.6 cm³/mol. The summed E-state index contributed by atoms with van der Waals surface area (Å²) < 4.78 is 12.5. The molecule has 20 heavy (non-hydrogen) atoms. The second kappa shape index (κ2) is 6.62. The molecule has 0 fully saturated rings. The van der Waals surface area contributed by atoms with Crippen molar-refractivity contribution < 1.29 is 4.21 Å². The summed E-state index contributed by atoms with van der Waals surface area (Å²) in [4.78, 5) is 0.776. The minimum atomic E-state index is -1.56. The molecule has 0 spiro atoms. The third-order valence-electron chi connectivity index (χ3n) is 2.34. The summed E-state index contributed by atoms with van der Waals surface area (Å²) in [6.45, 7) is 0. The van der Waals surface area contributed by atoms with Crippen LogP contribution in [0, 0.1) is 0 Å². The van der Waals surface area contributed by atoms with E-state index < -0.39 is 10.8 Å². The number of hydrogen-bond acceptors (Lipinski definition) is 1. The standard InChI is InChI=1S/C12H4Cl6OS/c13-7-1-5(2-8(14)11(7)17)20(19)6-3-9(15)12(18)10(16)4-6/h1-4H. The molecule has 0 aromatic heterocycles. The highest BCUT2D eigenvalue weighted by Crippen LogP contribution is 2.36. The van der Waals surface area contributed by atoms with Crippen molar-refractivity contribution in [3.8, 4) is 0 Å². The van der Waals surface area contributed by atoms with E-state index in [2.05, 4.69) is 0 Å². The van der Waals surface area contributed by atoms with Crippen molar-refractivity contribution in [3.63, 3.8) is 0 Å². The van der Waals surface area contributed by atoms with Gasteiger partial charge in [0.1, 0.15) is 0 Å². The average molecular weight is 409 g/mol. The van der Waals surface area contributed by atoms with Gasteiger partial charge in [-0.05, 0) is 24.3 Å². The van der Waals surface area contributed by atoms with Crippen molar-refractivity contribution in [1.82, 2.24) is 0 Å². The van der Waals surface area contributed by atoms with E-state index in [1.54, 1.807) is 0 Å². The Morgan fingerprint density at radius 3 is 1.10 bits per heavy atom. The van der Waals surface area contributed by atoms with E-state index in [0.717, 1.165) is 0 Å². The fourth-order valence-electron chi connectivity index (χ4n) is 1.41. The van der Waals surface area contributed by atoms with E-state index in [1.807, 2.05) is 0 Å². The summed E-state index contributed by atoms with van der Waals surface area (Å²) in [7, 11) is -1.56. The summed E-state index contributed by atoms with van der Waals surface area (Å²) in [6, 6.07) is 5.90. The number of halogens is 6. The van der Waals surface area contributed by atoms with Gasteiger partial charge in [0.05, 0.1) is 40.9 Å². The van der Waals surface area contributed by atoms with Crippen LogP contribution in [0.15, 0.2) is 34.1 Å². The van der Waals surface area contributed by atoms with E-state index in [1.165, 1.54) is 24.3 Å². The summed E-state index contributed by atoms with van der Waals surface area (Å²) in [5, 5.41) is 1.28. The van der Waals surface area contributed by atoms with E-state index in [-0.39, 0.29) is 30.1 Å². The number of rotatable bonds is 2. The summed E-state index contributed by atoms with van der Waals surface area (Å²) in [6.07, 6.45) is 0. The zero-order valence-electron chi connectivity index (χ0n) is 9.39. The lowest BCUT2D eigenvalue weighted by atomic mass is 10.3. The highest BCUT2D eigenvalue weighted by molar-refractivity contribution is 7.85. The van der Waals surface area contributed by atoms with Gasteiger partial charge in [-0.25, -0.2) is 4.21 Å². The zero-order chi connectivity index (χ0) is 15.0. The molecule has 2 rings (SSSR count). The van der Waals surface area contributed by atoms with Gasteiger partial charge in [-0.15, -0.1) is 0 Å². The van der Waals surface area contributed by atoms with Crippen LogP contribution in [0.3, 0.4) is 0 Å². The molecule has 0 saturated carbocycles. The molecule has 106 valence electrons. The van der Waals surface area contributed by atoms with Crippen LogP contribution in [0.5, 0.6) is 0 Å². The molecule has 0 heterocycles. The molecule has 2 aromatic carbocycles. The minimum absolute atomic E-state index is 0.209. The number of benzene rings is 2. The average Bonchev–Trinajstić information content (AvgIpc) is 2.40. The van der Waals surface area contributed by atoms with Gasteiger partial charge in [-0.3, -0.25) is 0 Å². The van der Waals surface area contributed by atoms with Crippen molar-refractivity contribution >= 4 is 80.4 Å². The Bertz CT molecular complexity index is 610. The second-order valence-electron chi connectivity index (χ2n) is 3.67. The molecule has 0 unspecified atom stereocenters. The topological polar surface area (TPSA) is 17.1 Å². The highest BCUT2D eigenvalue weighted by Gasteiger charge is 2.15. The lowest BCUT2D eigenvalue weighted by Gasteiger charge is -2.08. The van der Waals surface area contributed by atoms with Crippen LogP contribution in [0.1, 0.15) is 0 Å². The Balaban J connectivity index is 2.52. The maximum atomic E-state index is 12.5. The quantitative estimate of drug-likeness (QED) is 0.501. The van der Waals surface area contributed by atoms with Gasteiger partial charge in [0.2, 0.25) is 0 Å². The van der Waals surface area contributed by atoms with Crippen LogP contribution in [-0.4, -0.2) is 4.21 Å². The highest BCUT2D eigenvalue weighted by atomic mass is 35.5. The summed E-state index contributed by atoms with van der Waals surface area (Å²) in [5.74, 6) is 0. The third kappa shape index (κ3) is 3.38. The summed E-state index contributed by atoms with van der Waals surface area (Å²) in [5.41, 5.74) is 0. The van der Waals surface area contributed by atoms with Crippen LogP contribution in [0.25, 0.3) is 0 Å². The molecule has 0 saturated heterocycles. The van der Waals surface area contributed by atoms with Gasteiger partial charge >= 0.3 is 0 Å². The second-order valence-corrected chi connectivity index (χ2v) is 7.54. The smallest absolute Gasteiger partial charge is 0.0851 e. The Morgan fingerprint density at radius 1 is 0.600 bits per heavy atom. The van der Waals surface area contributed by atoms with Crippen molar-refractivity contribution in [1.29, 1.82) is 0 Å². The fraction of sp³-hybridized carbons (Fsp3) is 0. The first kappa shape index (κ1) is 16.7. The van der Waals surface area contributed by atoms with Crippen molar-refractivity contribution in [2.75, 3.05) is 0 Å². The van der Waals surface area contributed by atoms with Gasteiger partial charge in [-0.1, -0.05) is 69.6 Å². The largest absolute Gasteiger partial charge is 0.249 e. The Kier molecular flexibility index (Phi) is 5.52. The van der Waals surface area contributed by atoms with Crippen LogP contribution in [-0.2, 0) is 10.8 Å². The van der Waals surface area contributed by atoms with E-state index in [9.17, 15) is 4.21 Å². The molecule has 0 N–H and O–H groups in total. The van der Waals surface area contributed by atoms with Gasteiger partial charge < -0.3 is 0 Å². The molecular formula is C12H4Cl6OS. The van der Waals surface area contributed by atoms with Crippen molar-refractivity contribution in [3.05, 3.63) is 54.4 Å². The maximum Gasteiger partial charge on any atom is 0.0851 e.